The van der Waals surface area contributed by atoms with E-state index in [2.05, 4.69) is 25.2 Å². The van der Waals surface area contributed by atoms with Crippen molar-refractivity contribution in [1.82, 2.24) is 0 Å². The van der Waals surface area contributed by atoms with Gasteiger partial charge in [0.15, 0.2) is 0 Å². The van der Waals surface area contributed by atoms with Crippen molar-refractivity contribution >= 4 is 5.69 Å². The first-order valence-electron chi connectivity index (χ1n) is 6.49. The Labute approximate surface area is 110 Å². The van der Waals surface area contributed by atoms with Crippen molar-refractivity contribution in [3.63, 3.8) is 0 Å². The summed E-state index contributed by atoms with van der Waals surface area (Å²) < 4.78 is 5.16. The van der Waals surface area contributed by atoms with Crippen LogP contribution in [0.2, 0.25) is 0 Å². The third-order valence-corrected chi connectivity index (χ3v) is 2.87. The summed E-state index contributed by atoms with van der Waals surface area (Å²) in [5, 5.41) is 12.3. The number of rotatable bonds is 7. The fourth-order valence-electron chi connectivity index (χ4n) is 1.79. The Balaban J connectivity index is 2.48. The number of hydrogen-bond donors (Lipinski definition) is 1. The van der Waals surface area contributed by atoms with Crippen molar-refractivity contribution in [3.8, 4) is 11.8 Å². The van der Waals surface area contributed by atoms with Crippen LogP contribution >= 0.6 is 0 Å². The Hall–Kier alpha value is -1.69. The minimum Gasteiger partial charge on any atom is -0.497 e. The molecule has 3 nitrogen and oxygen atoms in total. The molecule has 0 unspecified atom stereocenters. The van der Waals surface area contributed by atoms with Gasteiger partial charge in [0.1, 0.15) is 11.8 Å². The highest BCUT2D eigenvalue weighted by atomic mass is 16.5. The molecule has 0 amide bonds. The molecule has 0 spiro atoms. The van der Waals surface area contributed by atoms with Crippen LogP contribution in [0.25, 0.3) is 0 Å². The zero-order chi connectivity index (χ0) is 13.4. The lowest BCUT2D eigenvalue weighted by molar-refractivity contribution is 0.415. The van der Waals surface area contributed by atoms with Crippen LogP contribution in [0, 0.1) is 17.2 Å². The van der Waals surface area contributed by atoms with Crippen molar-refractivity contribution in [2.24, 2.45) is 5.92 Å². The van der Waals surface area contributed by atoms with Crippen LogP contribution in [-0.2, 0) is 0 Å². The van der Waals surface area contributed by atoms with Crippen LogP contribution in [0.1, 0.15) is 38.7 Å². The summed E-state index contributed by atoms with van der Waals surface area (Å²) in [4.78, 5) is 0. The van der Waals surface area contributed by atoms with Gasteiger partial charge in [0.2, 0.25) is 0 Å². The van der Waals surface area contributed by atoms with E-state index in [4.69, 9.17) is 10.00 Å². The van der Waals surface area contributed by atoms with E-state index >= 15 is 0 Å². The van der Waals surface area contributed by atoms with E-state index in [1.54, 1.807) is 13.2 Å². The summed E-state index contributed by atoms with van der Waals surface area (Å²) in [6.45, 7) is 5.38. The van der Waals surface area contributed by atoms with Gasteiger partial charge in [-0.1, -0.05) is 26.7 Å². The lowest BCUT2D eigenvalue weighted by Crippen LogP contribution is -2.04. The highest BCUT2D eigenvalue weighted by molar-refractivity contribution is 5.60. The molecule has 0 aliphatic rings. The maximum atomic E-state index is 9.03. The van der Waals surface area contributed by atoms with Crippen LogP contribution in [0.3, 0.4) is 0 Å². The molecule has 0 bridgehead atoms. The summed E-state index contributed by atoms with van der Waals surface area (Å²) in [6.07, 6.45) is 3.60. The summed E-state index contributed by atoms with van der Waals surface area (Å²) in [7, 11) is 1.63. The van der Waals surface area contributed by atoms with E-state index in [0.29, 0.717) is 5.56 Å². The Morgan fingerprint density at radius 3 is 2.72 bits per heavy atom. The third-order valence-electron chi connectivity index (χ3n) is 2.87. The minimum absolute atomic E-state index is 0.666. The molecule has 0 saturated carbocycles. The number of methoxy groups -OCH3 is 1. The van der Waals surface area contributed by atoms with Gasteiger partial charge in [-0.05, 0) is 24.5 Å². The molecule has 3 heteroatoms. The third kappa shape index (κ3) is 4.67. The average Bonchev–Trinajstić information content (AvgIpc) is 2.37. The molecule has 1 aromatic carbocycles. The number of unbranched alkanes of at least 4 members (excludes halogenated alkanes) is 1. The molecule has 1 rings (SSSR count). The maximum Gasteiger partial charge on any atom is 0.121 e. The Morgan fingerprint density at radius 2 is 2.11 bits per heavy atom. The number of nitrogens with zero attached hydrogens (tertiary/aromatic N) is 1. The molecule has 0 aliphatic carbocycles. The van der Waals surface area contributed by atoms with E-state index in [-0.39, 0.29) is 0 Å². The smallest absolute Gasteiger partial charge is 0.121 e. The quantitative estimate of drug-likeness (QED) is 0.744. The van der Waals surface area contributed by atoms with E-state index in [1.165, 1.54) is 12.8 Å². The monoisotopic (exact) mass is 246 g/mol. The number of hydrogen-bond acceptors (Lipinski definition) is 3. The first-order chi connectivity index (χ1) is 8.67. The summed E-state index contributed by atoms with van der Waals surface area (Å²) in [5.41, 5.74) is 1.53. The van der Waals surface area contributed by atoms with Gasteiger partial charge in [-0.3, -0.25) is 0 Å². The molecule has 0 aliphatic heterocycles. The highest BCUT2D eigenvalue weighted by Crippen LogP contribution is 2.22. The fourth-order valence-corrected chi connectivity index (χ4v) is 1.79. The van der Waals surface area contributed by atoms with E-state index < -0.39 is 0 Å². The second-order valence-corrected chi connectivity index (χ2v) is 4.84. The fraction of sp³-hybridized carbons (Fsp3) is 0.533. The summed E-state index contributed by atoms with van der Waals surface area (Å²) in [6, 6.07) is 7.66. The molecular weight excluding hydrogens is 224 g/mol. The van der Waals surface area contributed by atoms with Crippen molar-refractivity contribution < 1.29 is 4.74 Å². The predicted octanol–water partition coefficient (Wildman–Crippen LogP) is 3.81. The van der Waals surface area contributed by atoms with Gasteiger partial charge in [0.25, 0.3) is 0 Å². The number of anilines is 1. The van der Waals surface area contributed by atoms with Crippen LogP contribution in [0.15, 0.2) is 18.2 Å². The molecule has 0 heterocycles. The Bertz CT molecular complexity index is 407. The first kappa shape index (κ1) is 14.4. The second-order valence-electron chi connectivity index (χ2n) is 4.84. The Morgan fingerprint density at radius 1 is 1.33 bits per heavy atom. The first-order valence-corrected chi connectivity index (χ1v) is 6.49. The van der Waals surface area contributed by atoms with Gasteiger partial charge in [-0.15, -0.1) is 0 Å². The minimum atomic E-state index is 0.666. The molecule has 0 radical (unpaired) electrons. The lowest BCUT2D eigenvalue weighted by Gasteiger charge is -2.10. The number of nitrogens with one attached hydrogen (secondary N) is 1. The van der Waals surface area contributed by atoms with Gasteiger partial charge < -0.3 is 10.1 Å². The molecule has 0 aromatic heterocycles. The Kier molecular flexibility index (Phi) is 6.07. The number of benzene rings is 1. The molecule has 98 valence electrons. The largest absolute Gasteiger partial charge is 0.497 e. The molecule has 18 heavy (non-hydrogen) atoms. The van der Waals surface area contributed by atoms with Crippen molar-refractivity contribution in [2.45, 2.75) is 33.1 Å². The van der Waals surface area contributed by atoms with Gasteiger partial charge in [-0.2, -0.15) is 5.26 Å². The maximum absolute atomic E-state index is 9.03. The molecular formula is C15H22N2O. The van der Waals surface area contributed by atoms with Crippen LogP contribution in [-0.4, -0.2) is 13.7 Å². The van der Waals surface area contributed by atoms with Crippen LogP contribution in [0.4, 0.5) is 5.69 Å². The van der Waals surface area contributed by atoms with Gasteiger partial charge in [-0.25, -0.2) is 0 Å². The van der Waals surface area contributed by atoms with Gasteiger partial charge in [0, 0.05) is 12.6 Å². The van der Waals surface area contributed by atoms with E-state index in [1.807, 2.05) is 12.1 Å². The average molecular weight is 246 g/mol. The molecule has 0 atom stereocenters. The van der Waals surface area contributed by atoms with Gasteiger partial charge >= 0.3 is 0 Å². The standard InChI is InChI=1S/C15H22N2O/c1-12(2)6-4-5-9-17-15-10-14(18-3)8-7-13(15)11-16/h7-8,10,12,17H,4-6,9H2,1-3H3. The predicted molar refractivity (Wildman–Crippen MR) is 74.9 cm³/mol. The normalized spacial score (nSPS) is 10.2. The SMILES string of the molecule is COc1ccc(C#N)c(NCCCCC(C)C)c1. The summed E-state index contributed by atoms with van der Waals surface area (Å²) in [5.74, 6) is 1.54. The molecule has 1 N–H and O–H groups in total. The van der Waals surface area contributed by atoms with E-state index in [0.717, 1.165) is 30.3 Å². The highest BCUT2D eigenvalue weighted by Gasteiger charge is 2.03. The summed E-state index contributed by atoms with van der Waals surface area (Å²) >= 11 is 0. The topological polar surface area (TPSA) is 45.0 Å². The van der Waals surface area contributed by atoms with Crippen molar-refractivity contribution in [2.75, 3.05) is 19.0 Å². The molecule has 1 aromatic rings. The van der Waals surface area contributed by atoms with Gasteiger partial charge in [0.05, 0.1) is 18.4 Å². The zero-order valence-electron chi connectivity index (χ0n) is 11.5. The van der Waals surface area contributed by atoms with E-state index in [9.17, 15) is 0 Å². The molecule has 0 saturated heterocycles. The van der Waals surface area contributed by atoms with Crippen LogP contribution in [0.5, 0.6) is 5.75 Å². The number of ether oxygens (including phenoxy) is 1. The van der Waals surface area contributed by atoms with Crippen LogP contribution < -0.4 is 10.1 Å². The lowest BCUT2D eigenvalue weighted by atomic mass is 10.1. The van der Waals surface area contributed by atoms with Crippen molar-refractivity contribution in [3.05, 3.63) is 23.8 Å². The van der Waals surface area contributed by atoms with Crippen molar-refractivity contribution in [1.29, 1.82) is 5.26 Å². The zero-order valence-corrected chi connectivity index (χ0v) is 11.5. The second kappa shape index (κ2) is 7.60. The number of nitriles is 1. The molecule has 0 fully saturated rings.